The van der Waals surface area contributed by atoms with E-state index < -0.39 is 0 Å². The van der Waals surface area contributed by atoms with Crippen LogP contribution in [0, 0.1) is 19.7 Å². The predicted octanol–water partition coefficient (Wildman–Crippen LogP) is 5.88. The number of allylic oxidation sites excluding steroid dienone is 1. The second-order valence-corrected chi connectivity index (χ2v) is 11.9. The molecule has 7 rings (SSSR count). The van der Waals surface area contributed by atoms with Gasteiger partial charge in [-0.05, 0) is 97.5 Å². The zero-order valence-corrected chi connectivity index (χ0v) is 25.2. The normalized spacial score (nSPS) is 15.9. The number of aryl methyl sites for hydroxylation is 2. The summed E-state index contributed by atoms with van der Waals surface area (Å²) in [6.07, 6.45) is 3.64. The molecule has 1 aliphatic heterocycles. The van der Waals surface area contributed by atoms with Crippen LogP contribution in [0.2, 0.25) is 0 Å². The monoisotopic (exact) mass is 591 g/mol. The number of hydrogen-bond acceptors (Lipinski definition) is 5. The van der Waals surface area contributed by atoms with E-state index in [1.807, 2.05) is 48.8 Å². The number of rotatable bonds is 5. The number of hydrogen-bond donors (Lipinski definition) is 0. The SMILES string of the molecule is COc1ccc([C@@H]2C3=C(N=c4s/c(=C/c5cc(C)n(-c6ccc(F)cc6)c5C)c(=O)n42)c2ccccc2CC3)cc1OC. The number of benzene rings is 3. The van der Waals surface area contributed by atoms with Gasteiger partial charge < -0.3 is 14.0 Å². The first-order valence-electron chi connectivity index (χ1n) is 14.2. The van der Waals surface area contributed by atoms with Gasteiger partial charge in [0.25, 0.3) is 5.56 Å². The van der Waals surface area contributed by atoms with Gasteiger partial charge in [0, 0.05) is 22.6 Å². The van der Waals surface area contributed by atoms with Gasteiger partial charge >= 0.3 is 0 Å². The Balaban J connectivity index is 1.44. The first kappa shape index (κ1) is 27.2. The molecular weight excluding hydrogens is 561 g/mol. The fourth-order valence-corrected chi connectivity index (χ4v) is 7.40. The highest BCUT2D eigenvalue weighted by Crippen LogP contribution is 2.42. The molecule has 1 atom stereocenters. The summed E-state index contributed by atoms with van der Waals surface area (Å²) in [6, 6.07) is 22.4. The molecule has 2 aliphatic rings. The van der Waals surface area contributed by atoms with Crippen LogP contribution in [0.25, 0.3) is 17.5 Å². The quantitative estimate of drug-likeness (QED) is 0.257. The maximum Gasteiger partial charge on any atom is 0.271 e. The van der Waals surface area contributed by atoms with Crippen molar-refractivity contribution in [1.82, 2.24) is 9.13 Å². The first-order chi connectivity index (χ1) is 20.9. The summed E-state index contributed by atoms with van der Waals surface area (Å²) >= 11 is 1.40. The predicted molar refractivity (Wildman–Crippen MR) is 167 cm³/mol. The van der Waals surface area contributed by atoms with Gasteiger partial charge in [-0.25, -0.2) is 9.38 Å². The third kappa shape index (κ3) is 4.44. The Morgan fingerprint density at radius 3 is 2.49 bits per heavy atom. The van der Waals surface area contributed by atoms with Crippen molar-refractivity contribution in [2.75, 3.05) is 14.2 Å². The standard InChI is InChI=1S/C35H30FN3O3S/c1-20-17-24(21(2)38(20)26-13-11-25(36)12-14-26)19-31-34(40)39-33(23-10-16-29(41-3)30(18-23)42-4)28-15-9-22-7-5-6-8-27(22)32(28)37-35(39)43-31/h5-8,10-14,16-19,33H,9,15H2,1-4H3/b31-19+/t33-/m1/s1. The number of fused-ring (bicyclic) bond motifs is 3. The minimum absolute atomic E-state index is 0.0828. The van der Waals surface area contributed by atoms with Crippen molar-refractivity contribution in [3.05, 3.63) is 138 Å². The van der Waals surface area contributed by atoms with E-state index in [9.17, 15) is 9.18 Å². The second-order valence-electron chi connectivity index (χ2n) is 10.9. The smallest absolute Gasteiger partial charge is 0.271 e. The topological polar surface area (TPSA) is 57.8 Å². The highest BCUT2D eigenvalue weighted by molar-refractivity contribution is 7.07. The van der Waals surface area contributed by atoms with Crippen LogP contribution in [-0.4, -0.2) is 23.4 Å². The summed E-state index contributed by atoms with van der Waals surface area (Å²) in [4.78, 5) is 20.1. The number of methoxy groups -OCH3 is 2. The van der Waals surface area contributed by atoms with Crippen LogP contribution in [0.1, 0.15) is 46.1 Å². The molecule has 0 saturated carbocycles. The molecule has 43 heavy (non-hydrogen) atoms. The first-order valence-corrected chi connectivity index (χ1v) is 15.0. The molecule has 1 aliphatic carbocycles. The van der Waals surface area contributed by atoms with Crippen molar-refractivity contribution in [3.63, 3.8) is 0 Å². The molecule has 3 heterocycles. The van der Waals surface area contributed by atoms with Gasteiger partial charge in [0.15, 0.2) is 16.3 Å². The Kier molecular flexibility index (Phi) is 6.66. The summed E-state index contributed by atoms with van der Waals surface area (Å²) in [5.74, 6) is 0.978. The molecule has 0 amide bonds. The summed E-state index contributed by atoms with van der Waals surface area (Å²) in [7, 11) is 3.24. The van der Waals surface area contributed by atoms with Crippen LogP contribution in [0.3, 0.4) is 0 Å². The molecule has 3 aromatic carbocycles. The van der Waals surface area contributed by atoms with Crippen LogP contribution in [-0.2, 0) is 6.42 Å². The maximum atomic E-state index is 14.3. The van der Waals surface area contributed by atoms with Crippen LogP contribution < -0.4 is 24.4 Å². The van der Waals surface area contributed by atoms with E-state index in [4.69, 9.17) is 14.5 Å². The lowest BCUT2D eigenvalue weighted by molar-refractivity contribution is 0.354. The van der Waals surface area contributed by atoms with Gasteiger partial charge in [0.1, 0.15) is 5.82 Å². The Bertz CT molecular complexity index is 2120. The van der Waals surface area contributed by atoms with Gasteiger partial charge in [0.05, 0.1) is 30.5 Å². The molecule has 0 spiro atoms. The summed E-state index contributed by atoms with van der Waals surface area (Å²) < 4.78 is 29.3. The Labute approximate surface area is 252 Å². The van der Waals surface area contributed by atoms with Gasteiger partial charge in [-0.1, -0.05) is 41.7 Å². The lowest BCUT2D eigenvalue weighted by atomic mass is 9.83. The fourth-order valence-electron chi connectivity index (χ4n) is 6.41. The Morgan fingerprint density at radius 2 is 1.72 bits per heavy atom. The van der Waals surface area contributed by atoms with E-state index in [0.717, 1.165) is 57.9 Å². The van der Waals surface area contributed by atoms with Crippen LogP contribution in [0.15, 0.2) is 88.2 Å². The Morgan fingerprint density at radius 1 is 0.953 bits per heavy atom. The molecule has 0 radical (unpaired) electrons. The maximum absolute atomic E-state index is 14.3. The number of ether oxygens (including phenoxy) is 2. The van der Waals surface area contributed by atoms with Crippen molar-refractivity contribution in [2.24, 2.45) is 4.99 Å². The second kappa shape index (κ2) is 10.5. The fraction of sp³-hybridized carbons (Fsp3) is 0.200. The third-order valence-corrected chi connectivity index (χ3v) is 9.42. The number of aromatic nitrogens is 2. The van der Waals surface area contributed by atoms with Gasteiger partial charge in [-0.3, -0.25) is 9.36 Å². The van der Waals surface area contributed by atoms with E-state index >= 15 is 0 Å². The minimum atomic E-state index is -0.326. The zero-order chi connectivity index (χ0) is 29.8. The lowest BCUT2D eigenvalue weighted by Gasteiger charge is -2.31. The van der Waals surface area contributed by atoms with Crippen molar-refractivity contribution >= 4 is 23.1 Å². The van der Waals surface area contributed by atoms with Gasteiger partial charge in [-0.15, -0.1) is 0 Å². The van der Waals surface area contributed by atoms with E-state index in [1.54, 1.807) is 26.4 Å². The number of nitrogens with zero attached hydrogens (tertiary/aromatic N) is 3. The molecule has 5 aromatic rings. The average molecular weight is 592 g/mol. The van der Waals surface area contributed by atoms with Crippen molar-refractivity contribution < 1.29 is 13.9 Å². The van der Waals surface area contributed by atoms with E-state index in [2.05, 4.69) is 28.8 Å². The molecule has 0 saturated heterocycles. The summed E-state index contributed by atoms with van der Waals surface area (Å²) in [5.41, 5.74) is 9.10. The van der Waals surface area contributed by atoms with Crippen molar-refractivity contribution in [1.29, 1.82) is 0 Å². The van der Waals surface area contributed by atoms with E-state index in [-0.39, 0.29) is 17.4 Å². The molecule has 0 N–H and O–H groups in total. The molecule has 6 nitrogen and oxygen atoms in total. The zero-order valence-electron chi connectivity index (χ0n) is 24.3. The van der Waals surface area contributed by atoms with E-state index in [1.165, 1.54) is 29.0 Å². The van der Waals surface area contributed by atoms with Gasteiger partial charge in [-0.2, -0.15) is 0 Å². The highest BCUT2D eigenvalue weighted by Gasteiger charge is 2.33. The van der Waals surface area contributed by atoms with E-state index in [0.29, 0.717) is 20.8 Å². The molecule has 2 aromatic heterocycles. The molecule has 0 bridgehead atoms. The highest BCUT2D eigenvalue weighted by atomic mass is 32.1. The van der Waals surface area contributed by atoms with Crippen molar-refractivity contribution in [2.45, 2.75) is 32.7 Å². The number of halogens is 1. The molecule has 0 fully saturated rings. The lowest BCUT2D eigenvalue weighted by Crippen LogP contribution is -2.38. The van der Waals surface area contributed by atoms with Crippen molar-refractivity contribution in [3.8, 4) is 17.2 Å². The molecule has 8 heteroatoms. The summed E-state index contributed by atoms with van der Waals surface area (Å²) in [5, 5.41) is 0. The summed E-state index contributed by atoms with van der Waals surface area (Å²) in [6.45, 7) is 4.03. The molecule has 0 unspecified atom stereocenters. The Hall–Kier alpha value is -4.69. The van der Waals surface area contributed by atoms with Crippen LogP contribution >= 0.6 is 11.3 Å². The third-order valence-electron chi connectivity index (χ3n) is 8.44. The van der Waals surface area contributed by atoms with Gasteiger partial charge in [0.2, 0.25) is 0 Å². The molecular formula is C35H30FN3O3S. The largest absolute Gasteiger partial charge is 0.493 e. The minimum Gasteiger partial charge on any atom is -0.493 e. The number of thiazole rings is 1. The van der Waals surface area contributed by atoms with Crippen LogP contribution in [0.5, 0.6) is 11.5 Å². The van der Waals surface area contributed by atoms with Crippen LogP contribution in [0.4, 0.5) is 4.39 Å². The molecule has 216 valence electrons. The average Bonchev–Trinajstić information content (AvgIpc) is 3.49.